The fraction of sp³-hybridized carbons (Fsp3) is 0.176. The molecule has 0 saturated heterocycles. The largest absolute Gasteiger partial charge is 0.419 e. The van der Waals surface area contributed by atoms with Gasteiger partial charge >= 0.3 is 5.76 Å². The Kier molecular flexibility index (Phi) is 4.44. The van der Waals surface area contributed by atoms with Gasteiger partial charge in [-0.05, 0) is 17.7 Å². The number of hydrogen-bond acceptors (Lipinski definition) is 5. The van der Waals surface area contributed by atoms with E-state index in [0.717, 1.165) is 9.87 Å². The van der Waals surface area contributed by atoms with Crippen LogP contribution < -0.4 is 5.76 Å². The molecule has 2 aromatic carbocycles. The Hall–Kier alpha value is -2.89. The number of hydrogen-bond donors (Lipinski definition) is 0. The number of aryl methyl sites for hydroxylation is 1. The minimum absolute atomic E-state index is 0.0273. The molecule has 1 heterocycles. The van der Waals surface area contributed by atoms with Gasteiger partial charge in [0.15, 0.2) is 5.58 Å². The Morgan fingerprint density at radius 3 is 2.60 bits per heavy atom. The van der Waals surface area contributed by atoms with Gasteiger partial charge in [0.1, 0.15) is 6.54 Å². The van der Waals surface area contributed by atoms with Crippen molar-refractivity contribution in [3.63, 3.8) is 0 Å². The van der Waals surface area contributed by atoms with Crippen molar-refractivity contribution in [1.82, 2.24) is 8.87 Å². The highest BCUT2D eigenvalue weighted by Gasteiger charge is 2.25. The fourth-order valence-electron chi connectivity index (χ4n) is 2.52. The van der Waals surface area contributed by atoms with Crippen LogP contribution in [-0.4, -0.2) is 23.8 Å². The van der Waals surface area contributed by atoms with E-state index < -0.39 is 15.8 Å². The molecule has 0 aliphatic rings. The number of rotatable bonds is 5. The van der Waals surface area contributed by atoms with Crippen LogP contribution in [0.1, 0.15) is 5.56 Å². The highest BCUT2D eigenvalue weighted by Crippen LogP contribution is 2.22. The summed E-state index contributed by atoms with van der Waals surface area (Å²) in [4.78, 5) is 11.5. The van der Waals surface area contributed by atoms with E-state index in [9.17, 15) is 13.2 Å². The molecule has 0 N–H and O–H groups in total. The van der Waals surface area contributed by atoms with Crippen LogP contribution in [0.5, 0.6) is 0 Å². The van der Waals surface area contributed by atoms with Crippen molar-refractivity contribution in [2.24, 2.45) is 7.05 Å². The van der Waals surface area contributed by atoms with E-state index in [2.05, 4.69) is 0 Å². The maximum absolute atomic E-state index is 12.9. The van der Waals surface area contributed by atoms with Gasteiger partial charge in [0.25, 0.3) is 0 Å². The lowest BCUT2D eigenvalue weighted by molar-refractivity contribution is 0.441. The van der Waals surface area contributed by atoms with Gasteiger partial charge in [0.2, 0.25) is 10.0 Å². The molecule has 0 bridgehead atoms. The second-order valence-corrected chi connectivity index (χ2v) is 7.41. The molecule has 128 valence electrons. The smallest absolute Gasteiger partial charge is 0.408 e. The molecule has 0 atom stereocenters. The SMILES string of the molecule is Cn1c(=O)oc2cc(S(=O)(=O)N(CC#N)Cc3ccccc3)ccc21. The van der Waals surface area contributed by atoms with Crippen molar-refractivity contribution >= 4 is 21.1 Å². The fourth-order valence-corrected chi connectivity index (χ4v) is 3.86. The summed E-state index contributed by atoms with van der Waals surface area (Å²) in [7, 11) is -2.38. The van der Waals surface area contributed by atoms with E-state index in [1.165, 1.54) is 22.8 Å². The first-order chi connectivity index (χ1) is 11.9. The maximum atomic E-state index is 12.9. The number of aromatic nitrogens is 1. The third-order valence-corrected chi connectivity index (χ3v) is 5.64. The zero-order valence-corrected chi connectivity index (χ0v) is 14.2. The van der Waals surface area contributed by atoms with Crippen molar-refractivity contribution in [3.8, 4) is 6.07 Å². The van der Waals surface area contributed by atoms with Crippen LogP contribution in [0.25, 0.3) is 11.1 Å². The zero-order valence-electron chi connectivity index (χ0n) is 13.4. The van der Waals surface area contributed by atoms with Crippen molar-refractivity contribution < 1.29 is 12.8 Å². The van der Waals surface area contributed by atoms with E-state index in [0.29, 0.717) is 5.52 Å². The Morgan fingerprint density at radius 1 is 1.20 bits per heavy atom. The number of nitrogens with zero attached hydrogens (tertiary/aromatic N) is 3. The number of fused-ring (bicyclic) bond motifs is 1. The Labute approximate surface area is 144 Å². The number of benzene rings is 2. The van der Waals surface area contributed by atoms with E-state index in [1.807, 2.05) is 12.1 Å². The molecule has 0 fully saturated rings. The van der Waals surface area contributed by atoms with Gasteiger partial charge < -0.3 is 4.42 Å². The highest BCUT2D eigenvalue weighted by atomic mass is 32.2. The lowest BCUT2D eigenvalue weighted by Gasteiger charge is -2.19. The quantitative estimate of drug-likeness (QED) is 0.649. The summed E-state index contributed by atoms with van der Waals surface area (Å²) in [6.45, 7) is -0.207. The first kappa shape index (κ1) is 17.0. The Morgan fingerprint density at radius 2 is 1.92 bits per heavy atom. The van der Waals surface area contributed by atoms with Crippen LogP contribution in [0.3, 0.4) is 0 Å². The number of sulfonamides is 1. The molecule has 0 unspecified atom stereocenters. The van der Waals surface area contributed by atoms with Gasteiger partial charge in [0.05, 0.1) is 16.5 Å². The average Bonchev–Trinajstić information content (AvgIpc) is 2.89. The molecule has 25 heavy (non-hydrogen) atoms. The van der Waals surface area contributed by atoms with Crippen LogP contribution in [-0.2, 0) is 23.6 Å². The topological polar surface area (TPSA) is 96.3 Å². The van der Waals surface area contributed by atoms with Gasteiger partial charge in [-0.3, -0.25) is 4.57 Å². The van der Waals surface area contributed by atoms with Gasteiger partial charge in [-0.25, -0.2) is 13.2 Å². The molecule has 1 aromatic heterocycles. The molecular formula is C17H15N3O4S. The summed E-state index contributed by atoms with van der Waals surface area (Å²) >= 11 is 0. The summed E-state index contributed by atoms with van der Waals surface area (Å²) in [6.07, 6.45) is 0. The van der Waals surface area contributed by atoms with Crippen LogP contribution in [0.4, 0.5) is 0 Å². The van der Waals surface area contributed by atoms with E-state index in [4.69, 9.17) is 9.68 Å². The summed E-state index contributed by atoms with van der Waals surface area (Å²) in [6, 6.07) is 15.1. The third-order valence-electron chi connectivity index (χ3n) is 3.85. The summed E-state index contributed by atoms with van der Waals surface area (Å²) in [5.41, 5.74) is 1.46. The van der Waals surface area contributed by atoms with E-state index in [-0.39, 0.29) is 23.6 Å². The Bertz CT molecular complexity index is 1110. The molecule has 0 radical (unpaired) electrons. The standard InChI is InChI=1S/C17H15N3O4S/c1-19-15-8-7-14(11-16(15)24-17(19)21)25(22,23)20(10-9-18)12-13-5-3-2-4-6-13/h2-8,11H,10,12H2,1H3. The predicted octanol–water partition coefficient (Wildman–Crippen LogP) is 1.85. The van der Waals surface area contributed by atoms with Crippen molar-refractivity contribution in [2.45, 2.75) is 11.4 Å². The van der Waals surface area contributed by atoms with Gasteiger partial charge in [-0.2, -0.15) is 9.57 Å². The summed E-state index contributed by atoms with van der Waals surface area (Å²) in [5.74, 6) is -0.567. The Balaban J connectivity index is 2.03. The minimum atomic E-state index is -3.92. The number of oxazole rings is 1. The van der Waals surface area contributed by atoms with Crippen LogP contribution in [0.15, 0.2) is 62.6 Å². The second-order valence-electron chi connectivity index (χ2n) is 5.47. The molecule has 3 rings (SSSR count). The van der Waals surface area contributed by atoms with Crippen molar-refractivity contribution in [3.05, 3.63) is 64.6 Å². The lowest BCUT2D eigenvalue weighted by Crippen LogP contribution is -2.31. The van der Waals surface area contributed by atoms with E-state index >= 15 is 0 Å². The summed E-state index contributed by atoms with van der Waals surface area (Å²) in [5, 5.41) is 9.02. The molecule has 0 amide bonds. The van der Waals surface area contributed by atoms with Crippen LogP contribution in [0.2, 0.25) is 0 Å². The molecule has 0 spiro atoms. The van der Waals surface area contributed by atoms with Crippen LogP contribution in [0, 0.1) is 11.3 Å². The van der Waals surface area contributed by atoms with Gasteiger partial charge in [0, 0.05) is 19.7 Å². The second kappa shape index (κ2) is 6.55. The minimum Gasteiger partial charge on any atom is -0.408 e. The van der Waals surface area contributed by atoms with Gasteiger partial charge in [-0.15, -0.1) is 0 Å². The molecular weight excluding hydrogens is 342 g/mol. The molecule has 8 heteroatoms. The molecule has 7 nitrogen and oxygen atoms in total. The molecule has 0 aliphatic heterocycles. The zero-order chi connectivity index (χ0) is 18.0. The predicted molar refractivity (Wildman–Crippen MR) is 91.1 cm³/mol. The van der Waals surface area contributed by atoms with E-state index in [1.54, 1.807) is 31.3 Å². The lowest BCUT2D eigenvalue weighted by atomic mass is 10.2. The highest BCUT2D eigenvalue weighted by molar-refractivity contribution is 7.89. The molecule has 0 saturated carbocycles. The number of nitriles is 1. The average molecular weight is 357 g/mol. The van der Waals surface area contributed by atoms with Crippen molar-refractivity contribution in [2.75, 3.05) is 6.54 Å². The van der Waals surface area contributed by atoms with Crippen molar-refractivity contribution in [1.29, 1.82) is 5.26 Å². The van der Waals surface area contributed by atoms with Crippen LogP contribution >= 0.6 is 0 Å². The third kappa shape index (κ3) is 3.20. The molecule has 0 aliphatic carbocycles. The first-order valence-corrected chi connectivity index (χ1v) is 8.88. The molecule has 3 aromatic rings. The first-order valence-electron chi connectivity index (χ1n) is 7.44. The maximum Gasteiger partial charge on any atom is 0.419 e. The van der Waals surface area contributed by atoms with Gasteiger partial charge in [-0.1, -0.05) is 30.3 Å². The monoisotopic (exact) mass is 357 g/mol. The normalized spacial score (nSPS) is 11.7. The summed E-state index contributed by atoms with van der Waals surface area (Å²) < 4.78 is 33.3.